The summed E-state index contributed by atoms with van der Waals surface area (Å²) in [5.41, 5.74) is 6.84. The van der Waals surface area contributed by atoms with E-state index in [4.69, 9.17) is 5.73 Å². The lowest BCUT2D eigenvalue weighted by atomic mass is 9.94. The Morgan fingerprint density at radius 2 is 1.80 bits per heavy atom. The van der Waals surface area contributed by atoms with Crippen molar-refractivity contribution in [2.45, 2.75) is 37.6 Å². The molecule has 3 rings (SSSR count). The van der Waals surface area contributed by atoms with E-state index in [2.05, 4.69) is 5.32 Å². The molecule has 104 valence electrons. The number of rotatable bonds is 3. The van der Waals surface area contributed by atoms with E-state index in [9.17, 15) is 4.79 Å². The van der Waals surface area contributed by atoms with Gasteiger partial charge in [-0.1, -0.05) is 49.2 Å². The van der Waals surface area contributed by atoms with Crippen LogP contribution in [0.15, 0.2) is 42.5 Å². The van der Waals surface area contributed by atoms with Gasteiger partial charge in [-0.25, -0.2) is 0 Å². The molecule has 1 saturated carbocycles. The van der Waals surface area contributed by atoms with Crippen LogP contribution in [0.3, 0.4) is 0 Å². The van der Waals surface area contributed by atoms with Gasteiger partial charge in [0.25, 0.3) is 0 Å². The van der Waals surface area contributed by atoms with Crippen LogP contribution in [0.25, 0.3) is 10.8 Å². The van der Waals surface area contributed by atoms with Crippen molar-refractivity contribution in [2.24, 2.45) is 5.73 Å². The lowest BCUT2D eigenvalue weighted by molar-refractivity contribution is -0.117. The van der Waals surface area contributed by atoms with Gasteiger partial charge >= 0.3 is 0 Å². The minimum Gasteiger partial charge on any atom is -0.325 e. The average Bonchev–Trinajstić information content (AvgIpc) is 2.85. The van der Waals surface area contributed by atoms with Crippen molar-refractivity contribution in [3.63, 3.8) is 0 Å². The summed E-state index contributed by atoms with van der Waals surface area (Å²) in [7, 11) is 0. The number of amides is 1. The van der Waals surface area contributed by atoms with Crippen LogP contribution < -0.4 is 11.1 Å². The fourth-order valence-electron chi connectivity index (χ4n) is 3.10. The number of benzene rings is 2. The molecule has 0 bridgehead atoms. The van der Waals surface area contributed by atoms with E-state index in [0.29, 0.717) is 6.42 Å². The molecule has 0 heterocycles. The lowest BCUT2D eigenvalue weighted by Gasteiger charge is -2.22. The van der Waals surface area contributed by atoms with Gasteiger partial charge in [-0.2, -0.15) is 0 Å². The molecular weight excluding hydrogens is 248 g/mol. The van der Waals surface area contributed by atoms with Crippen molar-refractivity contribution in [2.75, 3.05) is 5.32 Å². The standard InChI is InChI=1S/C17H20N2O/c18-17(10-3-4-11-17)12-16(20)19-15-9-5-7-13-6-1-2-8-14(13)15/h1-2,5-9H,3-4,10-12,18H2,(H,19,20). The average molecular weight is 268 g/mol. The maximum atomic E-state index is 12.2. The summed E-state index contributed by atoms with van der Waals surface area (Å²) in [5.74, 6) is 0.0192. The van der Waals surface area contributed by atoms with E-state index in [0.717, 1.165) is 42.1 Å². The lowest BCUT2D eigenvalue weighted by Crippen LogP contribution is -2.40. The van der Waals surface area contributed by atoms with Crippen LogP contribution in [0.4, 0.5) is 5.69 Å². The van der Waals surface area contributed by atoms with E-state index >= 15 is 0 Å². The maximum absolute atomic E-state index is 12.2. The molecule has 1 aliphatic rings. The zero-order valence-corrected chi connectivity index (χ0v) is 11.6. The summed E-state index contributed by atoms with van der Waals surface area (Å²) in [5, 5.41) is 5.22. The predicted octanol–water partition coefficient (Wildman–Crippen LogP) is 3.44. The van der Waals surface area contributed by atoms with Gasteiger partial charge in [0, 0.05) is 23.0 Å². The minimum absolute atomic E-state index is 0.0192. The van der Waals surface area contributed by atoms with Crippen LogP contribution in [-0.4, -0.2) is 11.4 Å². The molecule has 2 aromatic carbocycles. The molecule has 1 aliphatic carbocycles. The Bertz CT molecular complexity index is 624. The second-order valence-electron chi connectivity index (χ2n) is 5.82. The topological polar surface area (TPSA) is 55.1 Å². The Kier molecular flexibility index (Phi) is 3.45. The molecule has 20 heavy (non-hydrogen) atoms. The third-order valence-corrected chi connectivity index (χ3v) is 4.18. The molecular formula is C17H20N2O. The predicted molar refractivity (Wildman–Crippen MR) is 82.6 cm³/mol. The van der Waals surface area contributed by atoms with Gasteiger partial charge in [0.15, 0.2) is 0 Å². The molecule has 3 N–H and O–H groups in total. The summed E-state index contributed by atoms with van der Waals surface area (Å²) in [4.78, 5) is 12.2. The van der Waals surface area contributed by atoms with Gasteiger partial charge in [0.2, 0.25) is 5.91 Å². The van der Waals surface area contributed by atoms with Gasteiger partial charge in [0.1, 0.15) is 0 Å². The molecule has 1 fully saturated rings. The third kappa shape index (κ3) is 2.68. The number of nitrogens with one attached hydrogen (secondary N) is 1. The van der Waals surface area contributed by atoms with Crippen LogP contribution in [0.5, 0.6) is 0 Å². The van der Waals surface area contributed by atoms with Crippen LogP contribution >= 0.6 is 0 Å². The van der Waals surface area contributed by atoms with E-state index in [1.807, 2.05) is 42.5 Å². The number of carbonyl (C=O) groups is 1. The fourth-order valence-corrected chi connectivity index (χ4v) is 3.10. The molecule has 3 nitrogen and oxygen atoms in total. The second-order valence-corrected chi connectivity index (χ2v) is 5.82. The van der Waals surface area contributed by atoms with Crippen molar-refractivity contribution >= 4 is 22.4 Å². The smallest absolute Gasteiger partial charge is 0.226 e. The van der Waals surface area contributed by atoms with Crippen LogP contribution in [-0.2, 0) is 4.79 Å². The summed E-state index contributed by atoms with van der Waals surface area (Å²) < 4.78 is 0. The monoisotopic (exact) mass is 268 g/mol. The Morgan fingerprint density at radius 3 is 2.60 bits per heavy atom. The molecule has 0 unspecified atom stereocenters. The first-order valence-corrected chi connectivity index (χ1v) is 7.23. The zero-order valence-electron chi connectivity index (χ0n) is 11.6. The van der Waals surface area contributed by atoms with Gasteiger partial charge in [-0.05, 0) is 24.3 Å². The highest BCUT2D eigenvalue weighted by atomic mass is 16.1. The molecule has 0 radical (unpaired) electrons. The van der Waals surface area contributed by atoms with Gasteiger partial charge in [0.05, 0.1) is 0 Å². The van der Waals surface area contributed by atoms with Gasteiger partial charge < -0.3 is 11.1 Å². The zero-order chi connectivity index (χ0) is 14.0. The molecule has 0 aromatic heterocycles. The molecule has 1 amide bonds. The summed E-state index contributed by atoms with van der Waals surface area (Å²) in [6.45, 7) is 0. The van der Waals surface area contributed by atoms with E-state index in [1.165, 1.54) is 0 Å². The maximum Gasteiger partial charge on any atom is 0.226 e. The largest absolute Gasteiger partial charge is 0.325 e. The van der Waals surface area contributed by atoms with Gasteiger partial charge in [-0.15, -0.1) is 0 Å². The van der Waals surface area contributed by atoms with E-state index < -0.39 is 0 Å². The highest BCUT2D eigenvalue weighted by Gasteiger charge is 2.31. The number of hydrogen-bond acceptors (Lipinski definition) is 2. The number of carbonyl (C=O) groups excluding carboxylic acids is 1. The first kappa shape index (κ1) is 13.1. The van der Waals surface area contributed by atoms with Crippen molar-refractivity contribution in [3.05, 3.63) is 42.5 Å². The first-order chi connectivity index (χ1) is 9.66. The molecule has 0 spiro atoms. The quantitative estimate of drug-likeness (QED) is 0.896. The van der Waals surface area contributed by atoms with E-state index in [-0.39, 0.29) is 11.4 Å². The Hall–Kier alpha value is -1.87. The summed E-state index contributed by atoms with van der Waals surface area (Å²) >= 11 is 0. The number of anilines is 1. The molecule has 2 aromatic rings. The van der Waals surface area contributed by atoms with Crippen LogP contribution in [0.2, 0.25) is 0 Å². The Morgan fingerprint density at radius 1 is 1.10 bits per heavy atom. The third-order valence-electron chi connectivity index (χ3n) is 4.18. The van der Waals surface area contributed by atoms with E-state index in [1.54, 1.807) is 0 Å². The van der Waals surface area contributed by atoms with Crippen molar-refractivity contribution in [1.82, 2.24) is 0 Å². The molecule has 0 atom stereocenters. The first-order valence-electron chi connectivity index (χ1n) is 7.23. The minimum atomic E-state index is -0.297. The number of fused-ring (bicyclic) bond motifs is 1. The highest BCUT2D eigenvalue weighted by molar-refractivity contribution is 6.02. The van der Waals surface area contributed by atoms with Crippen molar-refractivity contribution in [1.29, 1.82) is 0 Å². The molecule has 0 saturated heterocycles. The fraction of sp³-hybridized carbons (Fsp3) is 0.353. The number of nitrogens with two attached hydrogens (primary N) is 1. The highest BCUT2D eigenvalue weighted by Crippen LogP contribution is 2.31. The van der Waals surface area contributed by atoms with Crippen molar-refractivity contribution in [3.8, 4) is 0 Å². The van der Waals surface area contributed by atoms with Gasteiger partial charge in [-0.3, -0.25) is 4.79 Å². The molecule has 3 heteroatoms. The van der Waals surface area contributed by atoms with Crippen molar-refractivity contribution < 1.29 is 4.79 Å². The Balaban J connectivity index is 1.77. The van der Waals surface area contributed by atoms with Crippen LogP contribution in [0, 0.1) is 0 Å². The van der Waals surface area contributed by atoms with Crippen LogP contribution in [0.1, 0.15) is 32.1 Å². The summed E-state index contributed by atoms with van der Waals surface area (Å²) in [6, 6.07) is 14.0. The second kappa shape index (κ2) is 5.25. The normalized spacial score (nSPS) is 17.2. The SMILES string of the molecule is NC1(CC(=O)Nc2cccc3ccccc23)CCCC1. The Labute approximate surface area is 119 Å². The summed E-state index contributed by atoms with van der Waals surface area (Å²) in [6.07, 6.45) is 4.60. The number of hydrogen-bond donors (Lipinski definition) is 2. The molecule has 0 aliphatic heterocycles.